The minimum atomic E-state index is -0.750. The van der Waals surface area contributed by atoms with Gasteiger partial charge in [-0.05, 0) is 84.9 Å². The van der Waals surface area contributed by atoms with Crippen LogP contribution in [-0.2, 0) is 45.2 Å². The molecule has 4 heterocycles. The number of ether oxygens (including phenoxy) is 4. The van der Waals surface area contributed by atoms with Gasteiger partial charge in [-0.1, -0.05) is 19.1 Å². The Morgan fingerprint density at radius 3 is 1.65 bits per heavy atom. The molecule has 0 aliphatic heterocycles. The molecule has 0 saturated carbocycles. The molecule has 366 valence electrons. The smallest absolute Gasteiger partial charge is 0.309 e. The average Bonchev–Trinajstić information content (AvgIpc) is 4.05. The van der Waals surface area contributed by atoms with Gasteiger partial charge in [-0.2, -0.15) is 10.2 Å². The number of imidazole rings is 2. The molecule has 22 nitrogen and oxygen atoms in total. The number of primary amides is 2. The van der Waals surface area contributed by atoms with E-state index in [9.17, 15) is 28.8 Å². The van der Waals surface area contributed by atoms with Gasteiger partial charge in [-0.15, -0.1) is 0 Å². The van der Waals surface area contributed by atoms with Gasteiger partial charge >= 0.3 is 11.9 Å². The summed E-state index contributed by atoms with van der Waals surface area (Å²) in [6, 6.07) is 9.27. The molecule has 2 aromatic carbocycles. The highest BCUT2D eigenvalue weighted by atomic mass is 16.6. The number of fused-ring (bicyclic) bond motifs is 2. The molecule has 6 aromatic rings. The van der Waals surface area contributed by atoms with E-state index in [2.05, 4.69) is 25.8 Å². The molecule has 0 saturated heterocycles. The lowest BCUT2D eigenvalue weighted by Crippen LogP contribution is -2.27. The number of nitrogens with two attached hydrogens (primary N) is 2. The number of anilines is 2. The minimum absolute atomic E-state index is 0.0167. The number of carbonyl (C=O) groups is 6. The Hall–Kier alpha value is -8.04. The maximum absolute atomic E-state index is 13.9. The molecule has 69 heavy (non-hydrogen) atoms. The topological polar surface area (TPSA) is 287 Å². The number of hydrogen-bond acceptors (Lipinski definition) is 14. The average molecular weight is 951 g/mol. The number of rotatable bonds is 21. The lowest BCUT2D eigenvalue weighted by molar-refractivity contribution is -0.161. The molecule has 6 N–H and O–H groups in total. The zero-order chi connectivity index (χ0) is 50.3. The molecule has 0 aliphatic carbocycles. The highest BCUT2D eigenvalue weighted by Crippen LogP contribution is 2.33. The maximum Gasteiger partial charge on any atom is 0.309 e. The van der Waals surface area contributed by atoms with Gasteiger partial charge in [0.25, 0.3) is 11.8 Å². The largest absolute Gasteiger partial charge is 0.494 e. The summed E-state index contributed by atoms with van der Waals surface area (Å²) in [4.78, 5) is 86.8. The second-order valence-electron chi connectivity index (χ2n) is 17.1. The zero-order valence-electron chi connectivity index (χ0n) is 40.2. The summed E-state index contributed by atoms with van der Waals surface area (Å²) in [6.45, 7) is 15.1. The summed E-state index contributed by atoms with van der Waals surface area (Å²) in [6.07, 6.45) is 3.67. The van der Waals surface area contributed by atoms with Crippen molar-refractivity contribution in [2.75, 3.05) is 31.0 Å². The number of aryl methyl sites for hydroxylation is 4. The third kappa shape index (κ3) is 11.9. The first-order chi connectivity index (χ1) is 32.7. The monoisotopic (exact) mass is 950 g/mol. The normalized spacial score (nSPS) is 12.1. The summed E-state index contributed by atoms with van der Waals surface area (Å²) in [5, 5.41) is 14.6. The maximum atomic E-state index is 13.9. The standard InChI is InChI=1S/C47H58N12O10/c1-10-58-33(20-27(4)54-58)42(63)52-45-50-31-22-29(40(48)61)24-35(66-9)38(31)56(45)15-12-13-16-57-39-32(51-46(57)53-43(64)34-21-28(5)55-59(34)11-2)23-30(41(49)62)25-36(39)67-17-14-18-68-44(65)26(3)19-37(60)69-47(6,7)8/h12-13,20-26H,10-11,14-19H2,1-9H3,(H2,48,61)(H2,49,62)(H,50,52,63)(H,51,53,64)/b13-12+/t26-/m1/s1. The first kappa shape index (κ1) is 50.4. The number of aromatic nitrogens is 8. The number of nitrogens with zero attached hydrogens (tertiary/aromatic N) is 8. The number of methoxy groups -OCH3 is 1. The van der Waals surface area contributed by atoms with Gasteiger partial charge in [0.1, 0.15) is 39.5 Å². The molecule has 0 radical (unpaired) electrons. The Morgan fingerprint density at radius 1 is 0.725 bits per heavy atom. The fourth-order valence-corrected chi connectivity index (χ4v) is 7.46. The molecular weight excluding hydrogens is 893 g/mol. The van der Waals surface area contributed by atoms with Gasteiger partial charge in [-0.25, -0.2) is 9.97 Å². The highest BCUT2D eigenvalue weighted by molar-refractivity contribution is 6.05. The molecule has 1 atom stereocenters. The molecule has 6 rings (SSSR count). The summed E-state index contributed by atoms with van der Waals surface area (Å²) in [5.74, 6) is -3.51. The second-order valence-corrected chi connectivity index (χ2v) is 17.1. The molecule has 4 amide bonds. The van der Waals surface area contributed by atoms with Crippen molar-refractivity contribution in [1.82, 2.24) is 38.7 Å². The van der Waals surface area contributed by atoms with E-state index < -0.39 is 47.1 Å². The van der Waals surface area contributed by atoms with Gasteiger partial charge in [0, 0.05) is 43.7 Å². The zero-order valence-corrected chi connectivity index (χ0v) is 40.2. The van der Waals surface area contributed by atoms with Crippen molar-refractivity contribution < 1.29 is 47.7 Å². The third-order valence-electron chi connectivity index (χ3n) is 10.6. The van der Waals surface area contributed by atoms with Crippen LogP contribution in [-0.4, -0.2) is 100 Å². The number of amides is 4. The SMILES string of the molecule is CCn1nc(C)cc1C(=O)Nc1nc2cc(C(N)=O)cc(OC)c2n1C/C=C/Cn1c(NC(=O)c2cc(C)nn2CC)nc2cc(C(N)=O)cc(OCCCOC(=O)[C@H](C)CC(=O)OC(C)(C)C)c21. The molecule has 0 fully saturated rings. The number of benzene rings is 2. The van der Waals surface area contributed by atoms with Crippen LogP contribution in [0.3, 0.4) is 0 Å². The molecule has 0 unspecified atom stereocenters. The lowest BCUT2D eigenvalue weighted by Gasteiger charge is -2.20. The summed E-state index contributed by atoms with van der Waals surface area (Å²) >= 11 is 0. The lowest BCUT2D eigenvalue weighted by atomic mass is 10.1. The van der Waals surface area contributed by atoms with E-state index in [1.54, 1.807) is 84.3 Å². The van der Waals surface area contributed by atoms with Gasteiger partial charge < -0.3 is 39.5 Å². The van der Waals surface area contributed by atoms with E-state index in [4.69, 9.17) is 35.4 Å². The van der Waals surface area contributed by atoms with Gasteiger partial charge in [0.2, 0.25) is 23.7 Å². The molecule has 4 aromatic heterocycles. The number of esters is 2. The predicted molar refractivity (Wildman–Crippen MR) is 254 cm³/mol. The molecular formula is C47H58N12O10. The van der Waals surface area contributed by atoms with Crippen molar-refractivity contribution >= 4 is 69.5 Å². The number of allylic oxidation sites excluding steroid dienone is 2. The molecule has 0 aliphatic rings. The highest BCUT2D eigenvalue weighted by Gasteiger charge is 2.26. The van der Waals surface area contributed by atoms with Crippen molar-refractivity contribution in [2.24, 2.45) is 17.4 Å². The van der Waals surface area contributed by atoms with Crippen molar-refractivity contribution in [3.05, 3.63) is 82.5 Å². The van der Waals surface area contributed by atoms with Crippen molar-refractivity contribution in [2.45, 2.75) is 100 Å². The van der Waals surface area contributed by atoms with Gasteiger partial charge in [0.05, 0.1) is 55.1 Å². The van der Waals surface area contributed by atoms with Crippen LogP contribution in [0.5, 0.6) is 11.5 Å². The van der Waals surface area contributed by atoms with Crippen molar-refractivity contribution in [1.29, 1.82) is 0 Å². The van der Waals surface area contributed by atoms with E-state index in [1.807, 2.05) is 13.8 Å². The van der Waals surface area contributed by atoms with Crippen molar-refractivity contribution in [3.63, 3.8) is 0 Å². The van der Waals surface area contributed by atoms with E-state index in [0.717, 1.165) is 0 Å². The molecule has 0 spiro atoms. The van der Waals surface area contributed by atoms with E-state index >= 15 is 0 Å². The molecule has 0 bridgehead atoms. The van der Waals surface area contributed by atoms with Gasteiger partial charge in [0.15, 0.2) is 0 Å². The van der Waals surface area contributed by atoms with Crippen LogP contribution in [0.4, 0.5) is 11.9 Å². The fraction of sp³-hybridized carbons (Fsp3) is 0.404. The van der Waals surface area contributed by atoms with Crippen LogP contribution in [0.15, 0.2) is 48.6 Å². The Kier molecular flexibility index (Phi) is 15.5. The summed E-state index contributed by atoms with van der Waals surface area (Å²) in [7, 11) is 1.44. The van der Waals surface area contributed by atoms with E-state index in [-0.39, 0.29) is 79.2 Å². The van der Waals surface area contributed by atoms with Crippen LogP contribution in [0, 0.1) is 19.8 Å². The third-order valence-corrected chi connectivity index (χ3v) is 10.6. The first-order valence-electron chi connectivity index (χ1n) is 22.3. The quantitative estimate of drug-likeness (QED) is 0.0416. The Labute approximate surface area is 397 Å². The van der Waals surface area contributed by atoms with Gasteiger partial charge in [-0.3, -0.25) is 48.8 Å². The number of nitrogens with one attached hydrogen (secondary N) is 2. The Morgan fingerprint density at radius 2 is 1.20 bits per heavy atom. The Bertz CT molecular complexity index is 2970. The first-order valence-corrected chi connectivity index (χ1v) is 22.3. The van der Waals surface area contributed by atoms with E-state index in [1.165, 1.54) is 31.4 Å². The molecule has 22 heteroatoms. The van der Waals surface area contributed by atoms with E-state index in [0.29, 0.717) is 52.4 Å². The van der Waals surface area contributed by atoms with Crippen LogP contribution in [0.25, 0.3) is 22.1 Å². The van der Waals surface area contributed by atoms with Crippen LogP contribution in [0.1, 0.15) is 107 Å². The minimum Gasteiger partial charge on any atom is -0.494 e. The predicted octanol–water partition coefficient (Wildman–Crippen LogP) is 5.08. The fourth-order valence-electron chi connectivity index (χ4n) is 7.46. The Balaban J connectivity index is 1.33. The van der Waals surface area contributed by atoms with Crippen LogP contribution < -0.4 is 31.6 Å². The number of carbonyl (C=O) groups excluding carboxylic acids is 6. The van der Waals surface area contributed by atoms with Crippen LogP contribution >= 0.6 is 0 Å². The number of hydrogen-bond donors (Lipinski definition) is 4. The van der Waals surface area contributed by atoms with Crippen LogP contribution in [0.2, 0.25) is 0 Å². The summed E-state index contributed by atoms with van der Waals surface area (Å²) < 4.78 is 29.2. The van der Waals surface area contributed by atoms with Crippen molar-refractivity contribution in [3.8, 4) is 11.5 Å². The second kappa shape index (κ2) is 21.3. The summed E-state index contributed by atoms with van der Waals surface area (Å²) in [5.41, 5.74) is 14.3.